The Kier molecular flexibility index (Phi) is 4.81. The molecule has 0 radical (unpaired) electrons. The molecule has 1 aromatic carbocycles. The van der Waals surface area contributed by atoms with Crippen LogP contribution >= 0.6 is 0 Å². The molecule has 2 rings (SSSR count). The SMILES string of the molecule is Cc1cc(C)cc(C(C)NC2CCC(C(=O)O)CC2)c1. The molecule has 0 aromatic heterocycles. The van der Waals surface area contributed by atoms with Gasteiger partial charge in [0, 0.05) is 12.1 Å². The van der Waals surface area contributed by atoms with Crippen LogP contribution in [0, 0.1) is 19.8 Å². The summed E-state index contributed by atoms with van der Waals surface area (Å²) < 4.78 is 0. The van der Waals surface area contributed by atoms with Crippen LogP contribution in [0.5, 0.6) is 0 Å². The van der Waals surface area contributed by atoms with E-state index in [-0.39, 0.29) is 5.92 Å². The summed E-state index contributed by atoms with van der Waals surface area (Å²) in [4.78, 5) is 11.0. The average Bonchev–Trinajstić information content (AvgIpc) is 2.38. The van der Waals surface area contributed by atoms with Crippen LogP contribution in [0.3, 0.4) is 0 Å². The topological polar surface area (TPSA) is 49.3 Å². The van der Waals surface area contributed by atoms with E-state index in [2.05, 4.69) is 44.3 Å². The zero-order valence-electron chi connectivity index (χ0n) is 12.6. The molecule has 1 aliphatic rings. The van der Waals surface area contributed by atoms with E-state index in [1.807, 2.05) is 0 Å². The molecule has 20 heavy (non-hydrogen) atoms. The second-order valence-electron chi connectivity index (χ2n) is 6.20. The smallest absolute Gasteiger partial charge is 0.306 e. The highest BCUT2D eigenvalue weighted by Crippen LogP contribution is 2.26. The van der Waals surface area contributed by atoms with Crippen LogP contribution in [-0.4, -0.2) is 17.1 Å². The van der Waals surface area contributed by atoms with Crippen LogP contribution in [-0.2, 0) is 4.79 Å². The van der Waals surface area contributed by atoms with Crippen LogP contribution < -0.4 is 5.32 Å². The van der Waals surface area contributed by atoms with Crippen LogP contribution in [0.1, 0.15) is 55.3 Å². The van der Waals surface area contributed by atoms with Crippen LogP contribution in [0.2, 0.25) is 0 Å². The van der Waals surface area contributed by atoms with Gasteiger partial charge in [0.25, 0.3) is 0 Å². The Morgan fingerprint density at radius 3 is 2.20 bits per heavy atom. The standard InChI is InChI=1S/C17H25NO2/c1-11-8-12(2)10-15(9-11)13(3)18-16-6-4-14(5-7-16)17(19)20/h8-10,13-14,16,18H,4-7H2,1-3H3,(H,19,20). The van der Waals surface area contributed by atoms with Crippen LogP contribution in [0.15, 0.2) is 18.2 Å². The number of hydrogen-bond acceptors (Lipinski definition) is 2. The molecule has 0 bridgehead atoms. The van der Waals surface area contributed by atoms with E-state index >= 15 is 0 Å². The maximum absolute atomic E-state index is 11.0. The lowest BCUT2D eigenvalue weighted by atomic mass is 9.85. The maximum Gasteiger partial charge on any atom is 0.306 e. The van der Waals surface area contributed by atoms with E-state index in [0.717, 1.165) is 25.7 Å². The third-order valence-electron chi connectivity index (χ3n) is 4.31. The molecule has 2 N–H and O–H groups in total. The molecule has 1 fully saturated rings. The van der Waals surface area contributed by atoms with Gasteiger partial charge in [0.2, 0.25) is 0 Å². The van der Waals surface area contributed by atoms with E-state index in [1.165, 1.54) is 16.7 Å². The predicted molar refractivity (Wildman–Crippen MR) is 80.8 cm³/mol. The second kappa shape index (κ2) is 6.40. The van der Waals surface area contributed by atoms with Crippen molar-refractivity contribution in [2.24, 2.45) is 5.92 Å². The van der Waals surface area contributed by atoms with E-state index in [4.69, 9.17) is 5.11 Å². The number of carbonyl (C=O) groups is 1. The molecule has 1 saturated carbocycles. The molecule has 110 valence electrons. The Balaban J connectivity index is 1.92. The van der Waals surface area contributed by atoms with Gasteiger partial charge in [-0.2, -0.15) is 0 Å². The molecule has 0 spiro atoms. The van der Waals surface area contributed by atoms with Gasteiger partial charge < -0.3 is 10.4 Å². The van der Waals surface area contributed by atoms with Crippen molar-refractivity contribution in [2.75, 3.05) is 0 Å². The average molecular weight is 275 g/mol. The summed E-state index contributed by atoms with van der Waals surface area (Å²) in [5, 5.41) is 12.7. The molecule has 0 amide bonds. The number of rotatable bonds is 4. The van der Waals surface area contributed by atoms with Crippen molar-refractivity contribution in [3.05, 3.63) is 34.9 Å². The number of carboxylic acids is 1. The van der Waals surface area contributed by atoms with E-state index < -0.39 is 5.97 Å². The summed E-state index contributed by atoms with van der Waals surface area (Å²) in [6.07, 6.45) is 3.53. The highest BCUT2D eigenvalue weighted by molar-refractivity contribution is 5.70. The molecule has 1 aliphatic carbocycles. The second-order valence-corrected chi connectivity index (χ2v) is 6.20. The quantitative estimate of drug-likeness (QED) is 0.882. The van der Waals surface area contributed by atoms with Gasteiger partial charge in [0.1, 0.15) is 0 Å². The molecule has 1 atom stereocenters. The zero-order chi connectivity index (χ0) is 14.7. The third-order valence-corrected chi connectivity index (χ3v) is 4.31. The van der Waals surface area contributed by atoms with Crippen molar-refractivity contribution in [2.45, 2.75) is 58.5 Å². The highest BCUT2D eigenvalue weighted by atomic mass is 16.4. The maximum atomic E-state index is 11.0. The summed E-state index contributed by atoms with van der Waals surface area (Å²) in [7, 11) is 0. The highest BCUT2D eigenvalue weighted by Gasteiger charge is 2.26. The van der Waals surface area contributed by atoms with Crippen LogP contribution in [0.25, 0.3) is 0 Å². The monoisotopic (exact) mass is 275 g/mol. The first kappa shape index (κ1) is 15.0. The van der Waals surface area contributed by atoms with Crippen molar-refractivity contribution in [3.63, 3.8) is 0 Å². The Morgan fingerprint density at radius 1 is 1.15 bits per heavy atom. The largest absolute Gasteiger partial charge is 0.481 e. The Hall–Kier alpha value is -1.35. The van der Waals surface area contributed by atoms with Crippen molar-refractivity contribution in [1.82, 2.24) is 5.32 Å². The number of nitrogens with one attached hydrogen (secondary N) is 1. The van der Waals surface area contributed by atoms with Gasteiger partial charge in [-0.3, -0.25) is 4.79 Å². The van der Waals surface area contributed by atoms with Crippen LogP contribution in [0.4, 0.5) is 0 Å². The van der Waals surface area contributed by atoms with Gasteiger partial charge in [-0.25, -0.2) is 0 Å². The lowest BCUT2D eigenvalue weighted by Crippen LogP contribution is -2.36. The van der Waals surface area contributed by atoms with Gasteiger partial charge in [-0.1, -0.05) is 29.3 Å². The third kappa shape index (κ3) is 3.83. The fourth-order valence-electron chi connectivity index (χ4n) is 3.22. The molecular formula is C17H25NO2. The van der Waals surface area contributed by atoms with Gasteiger partial charge >= 0.3 is 5.97 Å². The summed E-state index contributed by atoms with van der Waals surface area (Å²) >= 11 is 0. The molecule has 3 heteroatoms. The summed E-state index contributed by atoms with van der Waals surface area (Å²) in [5.74, 6) is -0.768. The number of aryl methyl sites for hydroxylation is 2. The fourth-order valence-corrected chi connectivity index (χ4v) is 3.22. The first-order valence-corrected chi connectivity index (χ1v) is 7.52. The molecule has 0 aliphatic heterocycles. The number of hydrogen-bond donors (Lipinski definition) is 2. The first-order valence-electron chi connectivity index (χ1n) is 7.52. The first-order chi connectivity index (χ1) is 9.45. The Labute approximate surface area is 121 Å². The number of benzene rings is 1. The minimum absolute atomic E-state index is 0.135. The lowest BCUT2D eigenvalue weighted by Gasteiger charge is -2.30. The van der Waals surface area contributed by atoms with Gasteiger partial charge in [0.15, 0.2) is 0 Å². The normalized spacial score (nSPS) is 24.4. The predicted octanol–water partition coefficient (Wildman–Crippen LogP) is 3.60. The fraction of sp³-hybridized carbons (Fsp3) is 0.588. The molecule has 3 nitrogen and oxygen atoms in total. The van der Waals surface area contributed by atoms with Gasteiger partial charge in [-0.15, -0.1) is 0 Å². The van der Waals surface area contributed by atoms with Crippen molar-refractivity contribution < 1.29 is 9.90 Å². The molecule has 1 aromatic rings. The summed E-state index contributed by atoms with van der Waals surface area (Å²) in [6.45, 7) is 6.44. The number of aliphatic carboxylic acids is 1. The minimum Gasteiger partial charge on any atom is -0.481 e. The van der Waals surface area contributed by atoms with E-state index in [0.29, 0.717) is 12.1 Å². The van der Waals surface area contributed by atoms with Gasteiger partial charge in [-0.05, 0) is 52.0 Å². The zero-order valence-corrected chi connectivity index (χ0v) is 12.6. The van der Waals surface area contributed by atoms with Gasteiger partial charge in [0.05, 0.1) is 5.92 Å². The Bertz CT molecular complexity index is 456. The van der Waals surface area contributed by atoms with E-state index in [9.17, 15) is 4.79 Å². The lowest BCUT2D eigenvalue weighted by molar-refractivity contribution is -0.142. The molecular weight excluding hydrogens is 250 g/mol. The summed E-state index contributed by atoms with van der Waals surface area (Å²) in [5.41, 5.74) is 3.91. The number of carboxylic acid groups (broad SMARTS) is 1. The summed E-state index contributed by atoms with van der Waals surface area (Å²) in [6, 6.07) is 7.41. The van der Waals surface area contributed by atoms with Crippen molar-refractivity contribution >= 4 is 5.97 Å². The Morgan fingerprint density at radius 2 is 1.70 bits per heavy atom. The van der Waals surface area contributed by atoms with Crippen molar-refractivity contribution in [1.29, 1.82) is 0 Å². The molecule has 0 heterocycles. The molecule has 1 unspecified atom stereocenters. The molecule has 0 saturated heterocycles. The minimum atomic E-state index is -0.634. The van der Waals surface area contributed by atoms with E-state index in [1.54, 1.807) is 0 Å². The van der Waals surface area contributed by atoms with Crippen molar-refractivity contribution in [3.8, 4) is 0 Å².